The molecule has 0 spiro atoms. The van der Waals surface area contributed by atoms with Crippen molar-refractivity contribution in [2.45, 2.75) is 13.3 Å². The third-order valence-corrected chi connectivity index (χ3v) is 2.74. The van der Waals surface area contributed by atoms with E-state index in [2.05, 4.69) is 12.2 Å². The van der Waals surface area contributed by atoms with Gasteiger partial charge in [0.15, 0.2) is 0 Å². The average molecular weight is 111 g/mol. The van der Waals surface area contributed by atoms with E-state index in [1.807, 2.05) is 0 Å². The standard InChI is InChI=1S/C7H13N/c1-2-5-6-3-8-4-7(5)6/h5-8H,2-4H2,1H3/t5?,6-,7+. The average Bonchev–Trinajstić information content (AvgIpc) is 2.22. The van der Waals surface area contributed by atoms with Gasteiger partial charge in [0.1, 0.15) is 0 Å². The number of fused-ring (bicyclic) bond motifs is 1. The lowest BCUT2D eigenvalue weighted by atomic mass is 10.2. The van der Waals surface area contributed by atoms with Crippen molar-refractivity contribution in [3.63, 3.8) is 0 Å². The number of hydrogen-bond acceptors (Lipinski definition) is 1. The summed E-state index contributed by atoms with van der Waals surface area (Å²) in [5.74, 6) is 3.27. The highest BCUT2D eigenvalue weighted by atomic mass is 15.0. The van der Waals surface area contributed by atoms with Crippen LogP contribution in [0.3, 0.4) is 0 Å². The number of nitrogens with one attached hydrogen (secondary N) is 1. The first-order chi connectivity index (χ1) is 3.93. The molecule has 1 nitrogen and oxygen atoms in total. The Kier molecular flexibility index (Phi) is 0.884. The predicted octanol–water partition coefficient (Wildman–Crippen LogP) is 0.862. The quantitative estimate of drug-likeness (QED) is 0.529. The van der Waals surface area contributed by atoms with E-state index in [1.54, 1.807) is 0 Å². The van der Waals surface area contributed by atoms with E-state index in [0.717, 1.165) is 17.8 Å². The second kappa shape index (κ2) is 1.47. The lowest BCUT2D eigenvalue weighted by Gasteiger charge is -1.97. The molecule has 0 amide bonds. The minimum Gasteiger partial charge on any atom is -0.316 e. The van der Waals surface area contributed by atoms with Gasteiger partial charge >= 0.3 is 0 Å². The van der Waals surface area contributed by atoms with Crippen molar-refractivity contribution < 1.29 is 0 Å². The summed E-state index contributed by atoms with van der Waals surface area (Å²) in [6.45, 7) is 4.93. The van der Waals surface area contributed by atoms with E-state index in [9.17, 15) is 0 Å². The van der Waals surface area contributed by atoms with Gasteiger partial charge in [0, 0.05) is 0 Å². The molecule has 1 unspecified atom stereocenters. The third-order valence-electron chi connectivity index (χ3n) is 2.74. The summed E-state index contributed by atoms with van der Waals surface area (Å²) in [5.41, 5.74) is 0. The molecule has 2 fully saturated rings. The summed E-state index contributed by atoms with van der Waals surface area (Å²) >= 11 is 0. The minimum absolute atomic E-state index is 1.08. The Morgan fingerprint density at radius 1 is 1.38 bits per heavy atom. The summed E-state index contributed by atoms with van der Waals surface area (Å²) in [7, 11) is 0. The van der Waals surface area contributed by atoms with Crippen LogP contribution in [0.2, 0.25) is 0 Å². The largest absolute Gasteiger partial charge is 0.316 e. The van der Waals surface area contributed by atoms with Crippen molar-refractivity contribution in [3.8, 4) is 0 Å². The predicted molar refractivity (Wildman–Crippen MR) is 33.6 cm³/mol. The van der Waals surface area contributed by atoms with Gasteiger partial charge in [-0.15, -0.1) is 0 Å². The van der Waals surface area contributed by atoms with Crippen LogP contribution >= 0.6 is 0 Å². The SMILES string of the molecule is CCC1[C@H]2CNC[C@@H]12. The van der Waals surface area contributed by atoms with Crippen LogP contribution < -0.4 is 5.32 Å². The maximum Gasteiger partial charge on any atom is -0.00144 e. The first-order valence-corrected chi connectivity index (χ1v) is 3.64. The number of hydrogen-bond donors (Lipinski definition) is 1. The molecular formula is C7H13N. The zero-order valence-corrected chi connectivity index (χ0v) is 5.35. The van der Waals surface area contributed by atoms with Gasteiger partial charge in [0.25, 0.3) is 0 Å². The molecule has 1 N–H and O–H groups in total. The van der Waals surface area contributed by atoms with Gasteiger partial charge in [-0.25, -0.2) is 0 Å². The Bertz CT molecular complexity index is 83.8. The zero-order valence-electron chi connectivity index (χ0n) is 5.35. The fourth-order valence-corrected chi connectivity index (χ4v) is 2.15. The molecule has 0 aromatic carbocycles. The van der Waals surface area contributed by atoms with Crippen LogP contribution in [-0.2, 0) is 0 Å². The Morgan fingerprint density at radius 2 is 2.00 bits per heavy atom. The second-order valence-electron chi connectivity index (χ2n) is 3.06. The number of piperidine rings is 1. The van der Waals surface area contributed by atoms with Crippen molar-refractivity contribution in [2.24, 2.45) is 17.8 Å². The molecule has 0 aromatic rings. The molecule has 46 valence electrons. The summed E-state index contributed by atoms with van der Waals surface area (Å²) < 4.78 is 0. The minimum atomic E-state index is 1.08. The molecule has 8 heavy (non-hydrogen) atoms. The van der Waals surface area contributed by atoms with Crippen LogP contribution in [0.4, 0.5) is 0 Å². The van der Waals surface area contributed by atoms with Gasteiger partial charge in [0.2, 0.25) is 0 Å². The Balaban J connectivity index is 1.94. The van der Waals surface area contributed by atoms with Crippen molar-refractivity contribution in [3.05, 3.63) is 0 Å². The highest BCUT2D eigenvalue weighted by molar-refractivity contribution is 5.02. The van der Waals surface area contributed by atoms with Gasteiger partial charge < -0.3 is 5.32 Å². The topological polar surface area (TPSA) is 12.0 Å². The molecular weight excluding hydrogens is 98.1 g/mol. The molecule has 0 aromatic heterocycles. The molecule has 3 atom stereocenters. The highest BCUT2D eigenvalue weighted by Gasteiger charge is 2.50. The molecule has 0 radical (unpaired) electrons. The first kappa shape index (κ1) is 4.80. The van der Waals surface area contributed by atoms with Crippen LogP contribution in [0.25, 0.3) is 0 Å². The molecule has 1 heterocycles. The van der Waals surface area contributed by atoms with E-state index in [4.69, 9.17) is 0 Å². The fraction of sp³-hybridized carbons (Fsp3) is 1.00. The maximum absolute atomic E-state index is 3.39. The maximum atomic E-state index is 3.39. The van der Waals surface area contributed by atoms with E-state index < -0.39 is 0 Å². The van der Waals surface area contributed by atoms with Crippen LogP contribution in [0.15, 0.2) is 0 Å². The molecule has 1 saturated carbocycles. The highest BCUT2D eigenvalue weighted by Crippen LogP contribution is 2.50. The Labute approximate surface area is 50.5 Å². The Hall–Kier alpha value is -0.0400. The van der Waals surface area contributed by atoms with Gasteiger partial charge in [-0.05, 0) is 30.8 Å². The lowest BCUT2D eigenvalue weighted by molar-refractivity contribution is 0.582. The van der Waals surface area contributed by atoms with Crippen molar-refractivity contribution in [1.29, 1.82) is 0 Å². The molecule has 2 rings (SSSR count). The van der Waals surface area contributed by atoms with Gasteiger partial charge in [0.05, 0.1) is 0 Å². The summed E-state index contributed by atoms with van der Waals surface area (Å²) in [6.07, 6.45) is 1.41. The van der Waals surface area contributed by atoms with Crippen molar-refractivity contribution >= 4 is 0 Å². The van der Waals surface area contributed by atoms with E-state index in [-0.39, 0.29) is 0 Å². The van der Waals surface area contributed by atoms with Crippen LogP contribution in [0, 0.1) is 17.8 Å². The van der Waals surface area contributed by atoms with Crippen LogP contribution in [-0.4, -0.2) is 13.1 Å². The second-order valence-corrected chi connectivity index (χ2v) is 3.06. The molecule has 1 saturated heterocycles. The molecule has 1 aliphatic heterocycles. The van der Waals surface area contributed by atoms with Crippen LogP contribution in [0.5, 0.6) is 0 Å². The first-order valence-electron chi connectivity index (χ1n) is 3.64. The molecule has 1 aliphatic carbocycles. The van der Waals surface area contributed by atoms with Gasteiger partial charge in [-0.3, -0.25) is 0 Å². The lowest BCUT2D eigenvalue weighted by Crippen LogP contribution is -2.14. The normalized spacial score (nSPS) is 51.4. The van der Waals surface area contributed by atoms with E-state index in [1.165, 1.54) is 19.5 Å². The summed E-state index contributed by atoms with van der Waals surface area (Å²) in [4.78, 5) is 0. The van der Waals surface area contributed by atoms with E-state index in [0.29, 0.717) is 0 Å². The monoisotopic (exact) mass is 111 g/mol. The van der Waals surface area contributed by atoms with Crippen molar-refractivity contribution in [1.82, 2.24) is 5.32 Å². The molecule has 1 heteroatoms. The smallest absolute Gasteiger partial charge is 0.00144 e. The van der Waals surface area contributed by atoms with Crippen LogP contribution in [0.1, 0.15) is 13.3 Å². The van der Waals surface area contributed by atoms with Gasteiger partial charge in [-0.2, -0.15) is 0 Å². The van der Waals surface area contributed by atoms with E-state index >= 15 is 0 Å². The number of rotatable bonds is 1. The summed E-state index contributed by atoms with van der Waals surface area (Å²) in [6, 6.07) is 0. The summed E-state index contributed by atoms with van der Waals surface area (Å²) in [5, 5.41) is 3.39. The molecule has 0 bridgehead atoms. The third kappa shape index (κ3) is 0.455. The van der Waals surface area contributed by atoms with Gasteiger partial charge in [-0.1, -0.05) is 13.3 Å². The Morgan fingerprint density at radius 3 is 2.38 bits per heavy atom. The fourth-order valence-electron chi connectivity index (χ4n) is 2.15. The zero-order chi connectivity index (χ0) is 5.56. The van der Waals surface area contributed by atoms with Crippen molar-refractivity contribution in [2.75, 3.05) is 13.1 Å². The molecule has 2 aliphatic rings.